The lowest BCUT2D eigenvalue weighted by Crippen LogP contribution is -2.42. The Balaban J connectivity index is 2.11. The molecular formula is C16H20FNO2. The minimum Gasteiger partial charge on any atom is -0.368 e. The molecule has 3 nitrogen and oxygen atoms in total. The molecule has 1 aromatic carbocycles. The third kappa shape index (κ3) is 3.25. The van der Waals surface area contributed by atoms with Gasteiger partial charge in [0.1, 0.15) is 11.9 Å². The van der Waals surface area contributed by atoms with Crippen LogP contribution in [-0.4, -0.2) is 25.2 Å². The van der Waals surface area contributed by atoms with Crippen LogP contribution < -0.4 is 4.90 Å². The maximum atomic E-state index is 13.4. The second-order valence-corrected chi connectivity index (χ2v) is 4.96. The van der Waals surface area contributed by atoms with Gasteiger partial charge in [-0.25, -0.2) is 4.39 Å². The minimum absolute atomic E-state index is 0.111. The number of amides is 1. The van der Waals surface area contributed by atoms with Crippen molar-refractivity contribution in [2.45, 2.75) is 32.3 Å². The van der Waals surface area contributed by atoms with E-state index in [1.165, 1.54) is 12.1 Å². The summed E-state index contributed by atoms with van der Waals surface area (Å²) >= 11 is 0. The largest absolute Gasteiger partial charge is 0.368 e. The average Bonchev–Trinajstić information content (AvgIpc) is 2.46. The number of halogens is 1. The standard InChI is InChI=1S/C16H20FNO2/c1-3-4-10-20-12(2)16(19)18-9-5-6-13-7-8-14(17)11-15(13)18/h3,7-8,11-12H,1,4-6,9-10H2,2H3. The molecule has 1 heterocycles. The molecule has 1 aromatic rings. The van der Waals surface area contributed by atoms with Gasteiger partial charge < -0.3 is 9.64 Å². The minimum atomic E-state index is -0.524. The molecule has 0 radical (unpaired) electrons. The lowest BCUT2D eigenvalue weighted by molar-refractivity contribution is -0.129. The van der Waals surface area contributed by atoms with Crippen molar-refractivity contribution in [3.8, 4) is 0 Å². The van der Waals surface area contributed by atoms with Gasteiger partial charge in [-0.1, -0.05) is 12.1 Å². The Morgan fingerprint density at radius 2 is 2.40 bits per heavy atom. The molecule has 1 aliphatic heterocycles. The van der Waals surface area contributed by atoms with Crippen LogP contribution in [0.2, 0.25) is 0 Å². The molecule has 1 atom stereocenters. The smallest absolute Gasteiger partial charge is 0.255 e. The maximum absolute atomic E-state index is 13.4. The van der Waals surface area contributed by atoms with Gasteiger partial charge in [0.05, 0.1) is 6.61 Å². The van der Waals surface area contributed by atoms with Gasteiger partial charge in [0, 0.05) is 12.2 Å². The zero-order valence-electron chi connectivity index (χ0n) is 11.8. The number of benzene rings is 1. The Hall–Kier alpha value is -1.68. The van der Waals surface area contributed by atoms with E-state index in [-0.39, 0.29) is 11.7 Å². The van der Waals surface area contributed by atoms with Crippen LogP contribution in [0.15, 0.2) is 30.9 Å². The van der Waals surface area contributed by atoms with E-state index in [9.17, 15) is 9.18 Å². The molecule has 0 spiro atoms. The van der Waals surface area contributed by atoms with Crippen molar-refractivity contribution in [1.82, 2.24) is 0 Å². The van der Waals surface area contributed by atoms with Crippen LogP contribution in [0.3, 0.4) is 0 Å². The van der Waals surface area contributed by atoms with Gasteiger partial charge in [0.25, 0.3) is 5.91 Å². The highest BCUT2D eigenvalue weighted by Crippen LogP contribution is 2.28. The Bertz CT molecular complexity index is 501. The zero-order valence-corrected chi connectivity index (χ0v) is 11.8. The number of fused-ring (bicyclic) bond motifs is 1. The topological polar surface area (TPSA) is 29.5 Å². The molecule has 0 fully saturated rings. The second kappa shape index (κ2) is 6.66. The molecule has 0 saturated carbocycles. The van der Waals surface area contributed by atoms with Crippen molar-refractivity contribution in [2.24, 2.45) is 0 Å². The third-order valence-corrected chi connectivity index (χ3v) is 3.47. The molecule has 0 N–H and O–H groups in total. The fourth-order valence-electron chi connectivity index (χ4n) is 2.40. The van der Waals surface area contributed by atoms with E-state index >= 15 is 0 Å². The number of anilines is 1. The first kappa shape index (κ1) is 14.7. The lowest BCUT2D eigenvalue weighted by atomic mass is 10.0. The first-order valence-corrected chi connectivity index (χ1v) is 6.96. The monoisotopic (exact) mass is 277 g/mol. The summed E-state index contributed by atoms with van der Waals surface area (Å²) in [5, 5.41) is 0. The average molecular weight is 277 g/mol. The Labute approximate surface area is 119 Å². The number of hydrogen-bond donors (Lipinski definition) is 0. The molecule has 0 aliphatic carbocycles. The van der Waals surface area contributed by atoms with Crippen molar-refractivity contribution in [2.75, 3.05) is 18.1 Å². The van der Waals surface area contributed by atoms with E-state index < -0.39 is 6.10 Å². The molecule has 0 aromatic heterocycles. The fraction of sp³-hybridized carbons (Fsp3) is 0.438. The number of rotatable bonds is 5. The molecule has 4 heteroatoms. The molecule has 1 aliphatic rings. The van der Waals surface area contributed by atoms with Gasteiger partial charge in [-0.2, -0.15) is 0 Å². The predicted octanol–water partition coefficient (Wildman–Crippen LogP) is 3.09. The Morgan fingerprint density at radius 1 is 1.60 bits per heavy atom. The van der Waals surface area contributed by atoms with E-state index in [4.69, 9.17) is 4.74 Å². The normalized spacial score (nSPS) is 15.6. The third-order valence-electron chi connectivity index (χ3n) is 3.47. The van der Waals surface area contributed by atoms with E-state index in [0.29, 0.717) is 25.3 Å². The second-order valence-electron chi connectivity index (χ2n) is 4.96. The number of nitrogens with zero attached hydrogens (tertiary/aromatic N) is 1. The van der Waals surface area contributed by atoms with Crippen molar-refractivity contribution in [3.05, 3.63) is 42.2 Å². The highest BCUT2D eigenvalue weighted by Gasteiger charge is 2.26. The van der Waals surface area contributed by atoms with Crippen molar-refractivity contribution in [1.29, 1.82) is 0 Å². The molecule has 2 rings (SSSR count). The van der Waals surface area contributed by atoms with Crippen molar-refractivity contribution < 1.29 is 13.9 Å². The van der Waals surface area contributed by atoms with Gasteiger partial charge in [0.15, 0.2) is 0 Å². The lowest BCUT2D eigenvalue weighted by Gasteiger charge is -2.31. The summed E-state index contributed by atoms with van der Waals surface area (Å²) in [6, 6.07) is 4.63. The molecule has 1 amide bonds. The molecule has 20 heavy (non-hydrogen) atoms. The fourth-order valence-corrected chi connectivity index (χ4v) is 2.40. The van der Waals surface area contributed by atoms with Gasteiger partial charge in [-0.15, -0.1) is 6.58 Å². The quantitative estimate of drug-likeness (QED) is 0.611. The summed E-state index contributed by atoms with van der Waals surface area (Å²) in [7, 11) is 0. The number of ether oxygens (including phenoxy) is 1. The SMILES string of the molecule is C=CCCOC(C)C(=O)N1CCCc2ccc(F)cc21. The van der Waals surface area contributed by atoms with Gasteiger partial charge in [0.2, 0.25) is 0 Å². The van der Waals surface area contributed by atoms with Crippen LogP contribution in [-0.2, 0) is 16.0 Å². The van der Waals surface area contributed by atoms with E-state index in [1.54, 1.807) is 24.0 Å². The summed E-state index contributed by atoms with van der Waals surface area (Å²) in [6.45, 7) is 6.44. The van der Waals surface area contributed by atoms with Gasteiger partial charge >= 0.3 is 0 Å². The number of carbonyl (C=O) groups excluding carboxylic acids is 1. The highest BCUT2D eigenvalue weighted by molar-refractivity contribution is 5.97. The van der Waals surface area contributed by atoms with Crippen LogP contribution in [0.25, 0.3) is 0 Å². The first-order chi connectivity index (χ1) is 9.63. The molecular weight excluding hydrogens is 257 g/mol. The number of carbonyl (C=O) groups is 1. The van der Waals surface area contributed by atoms with E-state index in [0.717, 1.165) is 18.4 Å². The van der Waals surface area contributed by atoms with Crippen molar-refractivity contribution >= 4 is 11.6 Å². The highest BCUT2D eigenvalue weighted by atomic mass is 19.1. The van der Waals surface area contributed by atoms with Gasteiger partial charge in [-0.05, 0) is 43.9 Å². The molecule has 0 bridgehead atoms. The molecule has 0 saturated heterocycles. The number of aryl methyl sites for hydroxylation is 1. The van der Waals surface area contributed by atoms with Crippen LogP contribution in [0.1, 0.15) is 25.3 Å². The Kier molecular flexibility index (Phi) is 4.90. The van der Waals surface area contributed by atoms with Crippen LogP contribution in [0.4, 0.5) is 10.1 Å². The maximum Gasteiger partial charge on any atom is 0.255 e. The molecule has 1 unspecified atom stereocenters. The number of hydrogen-bond acceptors (Lipinski definition) is 2. The Morgan fingerprint density at radius 3 is 3.15 bits per heavy atom. The summed E-state index contributed by atoms with van der Waals surface area (Å²) in [6.07, 6.45) is 3.71. The molecule has 108 valence electrons. The first-order valence-electron chi connectivity index (χ1n) is 6.96. The summed E-state index contributed by atoms with van der Waals surface area (Å²) in [4.78, 5) is 14.1. The van der Waals surface area contributed by atoms with E-state index in [2.05, 4.69) is 6.58 Å². The van der Waals surface area contributed by atoms with Crippen LogP contribution in [0, 0.1) is 5.82 Å². The van der Waals surface area contributed by atoms with E-state index in [1.807, 2.05) is 0 Å². The predicted molar refractivity (Wildman–Crippen MR) is 77.3 cm³/mol. The van der Waals surface area contributed by atoms with Crippen LogP contribution in [0.5, 0.6) is 0 Å². The summed E-state index contributed by atoms with van der Waals surface area (Å²) in [5.74, 6) is -0.427. The summed E-state index contributed by atoms with van der Waals surface area (Å²) in [5.41, 5.74) is 1.70. The van der Waals surface area contributed by atoms with Crippen LogP contribution >= 0.6 is 0 Å². The van der Waals surface area contributed by atoms with Crippen molar-refractivity contribution in [3.63, 3.8) is 0 Å². The van der Waals surface area contributed by atoms with Gasteiger partial charge in [-0.3, -0.25) is 4.79 Å². The summed E-state index contributed by atoms with van der Waals surface area (Å²) < 4.78 is 18.9. The zero-order chi connectivity index (χ0) is 14.5.